The summed E-state index contributed by atoms with van der Waals surface area (Å²) in [5.41, 5.74) is 6.59. The van der Waals surface area contributed by atoms with Crippen LogP contribution in [0.5, 0.6) is 0 Å². The van der Waals surface area contributed by atoms with E-state index in [1.165, 1.54) is 23.0 Å². The number of hydrogen-bond donors (Lipinski definition) is 0. The average molecular weight is 464 g/mol. The van der Waals surface area contributed by atoms with E-state index in [0.29, 0.717) is 21.6 Å². The van der Waals surface area contributed by atoms with Gasteiger partial charge in [0.25, 0.3) is 5.91 Å². The second-order valence-electron chi connectivity index (χ2n) is 7.68. The van der Waals surface area contributed by atoms with Gasteiger partial charge in [0.05, 0.1) is 10.6 Å². The van der Waals surface area contributed by atoms with Gasteiger partial charge in [-0.2, -0.15) is 0 Å². The Bertz CT molecular complexity index is 1220. The molecule has 0 bridgehead atoms. The van der Waals surface area contributed by atoms with E-state index in [1.807, 2.05) is 25.1 Å². The monoisotopic (exact) mass is 463 g/mol. The Kier molecular flexibility index (Phi) is 6.58. The maximum absolute atomic E-state index is 13.1. The highest BCUT2D eigenvalue weighted by Gasteiger charge is 2.32. The Hall–Kier alpha value is -2.76. The SMILES string of the molecule is CCc1ccccc1-n1c(C)cc(/C=C2\SC(=Nc3ccc(Cl)cc3)N(CC)C2=O)c1C. The van der Waals surface area contributed by atoms with Crippen LogP contribution >= 0.6 is 23.4 Å². The molecule has 1 aliphatic rings. The van der Waals surface area contributed by atoms with Crippen LogP contribution in [0.25, 0.3) is 11.8 Å². The molecule has 2 aromatic carbocycles. The van der Waals surface area contributed by atoms with E-state index in [0.717, 1.165) is 29.1 Å². The third-order valence-corrected chi connectivity index (χ3v) is 6.88. The molecule has 3 aromatic rings. The van der Waals surface area contributed by atoms with E-state index in [2.05, 4.69) is 60.7 Å². The fraction of sp³-hybridized carbons (Fsp3) is 0.231. The van der Waals surface area contributed by atoms with Crippen molar-refractivity contribution in [2.24, 2.45) is 4.99 Å². The third-order valence-electron chi connectivity index (χ3n) is 5.63. The van der Waals surface area contributed by atoms with Crippen molar-refractivity contribution in [1.29, 1.82) is 0 Å². The predicted molar refractivity (Wildman–Crippen MR) is 136 cm³/mol. The molecule has 0 N–H and O–H groups in total. The topological polar surface area (TPSA) is 37.6 Å². The molecule has 0 aliphatic carbocycles. The highest BCUT2D eigenvalue weighted by atomic mass is 35.5. The van der Waals surface area contributed by atoms with Gasteiger partial charge in [-0.15, -0.1) is 0 Å². The molecule has 4 rings (SSSR count). The van der Waals surface area contributed by atoms with Gasteiger partial charge < -0.3 is 4.57 Å². The van der Waals surface area contributed by atoms with Gasteiger partial charge in [0, 0.05) is 28.6 Å². The number of hydrogen-bond acceptors (Lipinski definition) is 3. The van der Waals surface area contributed by atoms with Crippen molar-refractivity contribution >= 4 is 46.2 Å². The lowest BCUT2D eigenvalue weighted by Gasteiger charge is -2.14. The minimum Gasteiger partial charge on any atom is -0.318 e. The Morgan fingerprint density at radius 2 is 1.78 bits per heavy atom. The molecule has 0 atom stereocenters. The Morgan fingerprint density at radius 1 is 1.06 bits per heavy atom. The molecule has 0 spiro atoms. The molecule has 1 amide bonds. The van der Waals surface area contributed by atoms with E-state index < -0.39 is 0 Å². The zero-order chi connectivity index (χ0) is 22.8. The fourth-order valence-corrected chi connectivity index (χ4v) is 5.15. The normalized spacial score (nSPS) is 16.5. The second kappa shape index (κ2) is 9.39. The molecule has 4 nitrogen and oxygen atoms in total. The number of halogens is 1. The summed E-state index contributed by atoms with van der Waals surface area (Å²) in [6.07, 6.45) is 2.96. The summed E-state index contributed by atoms with van der Waals surface area (Å²) in [7, 11) is 0. The van der Waals surface area contributed by atoms with Gasteiger partial charge in [-0.25, -0.2) is 4.99 Å². The number of carbonyl (C=O) groups excluding carboxylic acids is 1. The number of amides is 1. The number of aromatic nitrogens is 1. The first-order valence-corrected chi connectivity index (χ1v) is 11.9. The maximum Gasteiger partial charge on any atom is 0.266 e. The standard InChI is InChI=1S/C26H26ClN3OS/c1-5-19-9-7-8-10-23(19)30-17(3)15-20(18(30)4)16-24-25(31)29(6-2)26(32-24)28-22-13-11-21(27)12-14-22/h7-16H,5-6H2,1-4H3/b24-16-,28-26?. The molecule has 0 unspecified atom stereocenters. The molecule has 164 valence electrons. The van der Waals surface area contributed by atoms with Crippen molar-refractivity contribution in [1.82, 2.24) is 9.47 Å². The van der Waals surface area contributed by atoms with Crippen LogP contribution < -0.4 is 0 Å². The summed E-state index contributed by atoms with van der Waals surface area (Å²) < 4.78 is 2.27. The second-order valence-corrected chi connectivity index (χ2v) is 9.12. The maximum atomic E-state index is 13.1. The zero-order valence-electron chi connectivity index (χ0n) is 18.7. The lowest BCUT2D eigenvalue weighted by molar-refractivity contribution is -0.122. The number of nitrogens with zero attached hydrogens (tertiary/aromatic N) is 3. The van der Waals surface area contributed by atoms with Crippen molar-refractivity contribution in [2.45, 2.75) is 34.1 Å². The minimum atomic E-state index is -0.0102. The molecule has 1 saturated heterocycles. The number of thioether (sulfide) groups is 1. The van der Waals surface area contributed by atoms with Gasteiger partial charge in [-0.3, -0.25) is 9.69 Å². The van der Waals surface area contributed by atoms with Crippen LogP contribution in [-0.4, -0.2) is 27.1 Å². The number of para-hydroxylation sites is 1. The van der Waals surface area contributed by atoms with Crippen LogP contribution in [0.4, 0.5) is 5.69 Å². The fourth-order valence-electron chi connectivity index (χ4n) is 3.97. The Balaban J connectivity index is 1.71. The quantitative estimate of drug-likeness (QED) is 0.384. The van der Waals surface area contributed by atoms with Gasteiger partial charge in [-0.05, 0) is 92.6 Å². The highest BCUT2D eigenvalue weighted by Crippen LogP contribution is 2.35. The van der Waals surface area contributed by atoms with Crippen LogP contribution in [-0.2, 0) is 11.2 Å². The van der Waals surface area contributed by atoms with Crippen molar-refractivity contribution in [3.8, 4) is 5.69 Å². The summed E-state index contributed by atoms with van der Waals surface area (Å²) >= 11 is 7.40. The zero-order valence-corrected chi connectivity index (χ0v) is 20.3. The van der Waals surface area contributed by atoms with Crippen LogP contribution in [0.15, 0.2) is 64.5 Å². The van der Waals surface area contributed by atoms with E-state index in [4.69, 9.17) is 11.6 Å². The van der Waals surface area contributed by atoms with Crippen LogP contribution in [0.1, 0.15) is 36.4 Å². The summed E-state index contributed by atoms with van der Waals surface area (Å²) in [4.78, 5) is 20.2. The molecular weight excluding hydrogens is 438 g/mol. The molecule has 1 aromatic heterocycles. The smallest absolute Gasteiger partial charge is 0.266 e. The van der Waals surface area contributed by atoms with Crippen LogP contribution in [0.2, 0.25) is 5.02 Å². The number of likely N-dealkylation sites (N-methyl/N-ethyl adjacent to an activating group) is 1. The van der Waals surface area contributed by atoms with Gasteiger partial charge in [-0.1, -0.05) is 36.7 Å². The summed E-state index contributed by atoms with van der Waals surface area (Å²) in [5, 5.41) is 1.35. The number of amidine groups is 1. The van der Waals surface area contributed by atoms with E-state index in [-0.39, 0.29) is 5.91 Å². The largest absolute Gasteiger partial charge is 0.318 e. The molecule has 32 heavy (non-hydrogen) atoms. The van der Waals surface area contributed by atoms with Crippen LogP contribution in [0, 0.1) is 13.8 Å². The van der Waals surface area contributed by atoms with Gasteiger partial charge >= 0.3 is 0 Å². The van der Waals surface area contributed by atoms with Gasteiger partial charge in [0.15, 0.2) is 5.17 Å². The number of rotatable bonds is 5. The number of carbonyl (C=O) groups is 1. The summed E-state index contributed by atoms with van der Waals surface area (Å²) in [6, 6.07) is 17.9. The molecule has 1 fully saturated rings. The molecule has 1 aliphatic heterocycles. The molecule has 2 heterocycles. The number of aliphatic imine (C=N–C) groups is 1. The third kappa shape index (κ3) is 4.27. The van der Waals surface area contributed by atoms with E-state index >= 15 is 0 Å². The van der Waals surface area contributed by atoms with E-state index in [9.17, 15) is 4.79 Å². The van der Waals surface area contributed by atoms with Crippen LogP contribution in [0.3, 0.4) is 0 Å². The Labute approximate surface area is 198 Å². The van der Waals surface area contributed by atoms with Crippen molar-refractivity contribution in [2.75, 3.05) is 6.54 Å². The van der Waals surface area contributed by atoms with E-state index in [1.54, 1.807) is 17.0 Å². The first-order chi connectivity index (χ1) is 15.4. The molecular formula is C26H26ClN3OS. The van der Waals surface area contributed by atoms with Gasteiger partial charge in [0.2, 0.25) is 0 Å². The molecule has 0 saturated carbocycles. The van der Waals surface area contributed by atoms with Crippen molar-refractivity contribution in [3.63, 3.8) is 0 Å². The summed E-state index contributed by atoms with van der Waals surface area (Å²) in [5.74, 6) is -0.0102. The average Bonchev–Trinajstić information content (AvgIpc) is 3.24. The minimum absolute atomic E-state index is 0.0102. The first kappa shape index (κ1) is 22.4. The number of aryl methyl sites for hydroxylation is 2. The van der Waals surface area contributed by atoms with Crippen molar-refractivity contribution in [3.05, 3.63) is 87.0 Å². The molecule has 0 radical (unpaired) electrons. The summed E-state index contributed by atoms with van der Waals surface area (Å²) in [6.45, 7) is 8.92. The highest BCUT2D eigenvalue weighted by molar-refractivity contribution is 8.18. The predicted octanol–water partition coefficient (Wildman–Crippen LogP) is 6.93. The lowest BCUT2D eigenvalue weighted by atomic mass is 10.1. The van der Waals surface area contributed by atoms with Gasteiger partial charge in [0.1, 0.15) is 0 Å². The molecule has 6 heteroatoms. The lowest BCUT2D eigenvalue weighted by Crippen LogP contribution is -2.28. The van der Waals surface area contributed by atoms with Crippen molar-refractivity contribution < 1.29 is 4.79 Å². The first-order valence-electron chi connectivity index (χ1n) is 10.8. The number of benzene rings is 2. The Morgan fingerprint density at radius 3 is 2.47 bits per heavy atom.